The predicted molar refractivity (Wildman–Crippen MR) is 78.8 cm³/mol. The van der Waals surface area contributed by atoms with Gasteiger partial charge in [0.15, 0.2) is 0 Å². The molecule has 4 nitrogen and oxygen atoms in total. The summed E-state index contributed by atoms with van der Waals surface area (Å²) in [5.41, 5.74) is 2.03. The van der Waals surface area contributed by atoms with E-state index in [4.69, 9.17) is 4.74 Å². The molecule has 2 rings (SSSR count). The molecule has 0 saturated heterocycles. The first kappa shape index (κ1) is 13.2. The van der Waals surface area contributed by atoms with Gasteiger partial charge in [-0.1, -0.05) is 18.2 Å². The summed E-state index contributed by atoms with van der Waals surface area (Å²) in [5.74, 6) is 0.918. The molecule has 1 aromatic carbocycles. The second kappa shape index (κ2) is 7.26. The molecule has 100 valence electrons. The van der Waals surface area contributed by atoms with Gasteiger partial charge in [-0.2, -0.15) is 0 Å². The number of benzene rings is 1. The van der Waals surface area contributed by atoms with Crippen LogP contribution in [0.15, 0.2) is 48.8 Å². The predicted octanol–water partition coefficient (Wildman–Crippen LogP) is 3.00. The van der Waals surface area contributed by atoms with Gasteiger partial charge < -0.3 is 15.4 Å². The van der Waals surface area contributed by atoms with Crippen molar-refractivity contribution in [3.63, 3.8) is 0 Å². The number of pyridine rings is 1. The van der Waals surface area contributed by atoms with E-state index in [9.17, 15) is 0 Å². The number of nitrogens with zero attached hydrogens (tertiary/aromatic N) is 1. The first-order valence-electron chi connectivity index (χ1n) is 6.43. The largest absolute Gasteiger partial charge is 0.494 e. The average molecular weight is 257 g/mol. The Hall–Kier alpha value is -2.23. The van der Waals surface area contributed by atoms with Crippen LogP contribution in [0.25, 0.3) is 0 Å². The molecule has 2 aromatic rings. The monoisotopic (exact) mass is 257 g/mol. The van der Waals surface area contributed by atoms with Crippen LogP contribution in [0.3, 0.4) is 0 Å². The number of nitrogens with one attached hydrogen (secondary N) is 2. The second-order valence-electron chi connectivity index (χ2n) is 4.15. The van der Waals surface area contributed by atoms with Crippen LogP contribution in [-0.4, -0.2) is 25.2 Å². The van der Waals surface area contributed by atoms with Crippen molar-refractivity contribution >= 4 is 11.4 Å². The van der Waals surface area contributed by atoms with Gasteiger partial charge in [0, 0.05) is 13.6 Å². The summed E-state index contributed by atoms with van der Waals surface area (Å²) in [6.45, 7) is 1.57. The lowest BCUT2D eigenvalue weighted by Gasteiger charge is -2.08. The number of para-hydroxylation sites is 1. The third kappa shape index (κ3) is 4.50. The van der Waals surface area contributed by atoms with E-state index in [1.807, 2.05) is 49.6 Å². The molecule has 0 radical (unpaired) electrons. The Morgan fingerprint density at radius 3 is 2.68 bits per heavy atom. The van der Waals surface area contributed by atoms with E-state index in [2.05, 4.69) is 15.6 Å². The summed E-state index contributed by atoms with van der Waals surface area (Å²) in [6.07, 6.45) is 4.56. The highest BCUT2D eigenvalue weighted by atomic mass is 16.5. The fourth-order valence-electron chi connectivity index (χ4n) is 1.68. The highest BCUT2D eigenvalue weighted by Gasteiger charge is 1.95. The first-order valence-corrected chi connectivity index (χ1v) is 6.43. The molecule has 0 aliphatic carbocycles. The summed E-state index contributed by atoms with van der Waals surface area (Å²) in [6, 6.07) is 11.9. The van der Waals surface area contributed by atoms with E-state index >= 15 is 0 Å². The summed E-state index contributed by atoms with van der Waals surface area (Å²) in [5, 5.41) is 6.39. The molecule has 1 aromatic heterocycles. The lowest BCUT2D eigenvalue weighted by atomic mass is 10.3. The highest BCUT2D eigenvalue weighted by molar-refractivity contribution is 5.53. The Balaban J connectivity index is 1.66. The van der Waals surface area contributed by atoms with Gasteiger partial charge in [-0.15, -0.1) is 0 Å². The van der Waals surface area contributed by atoms with Crippen molar-refractivity contribution in [3.05, 3.63) is 48.8 Å². The van der Waals surface area contributed by atoms with Crippen molar-refractivity contribution in [2.75, 3.05) is 30.8 Å². The van der Waals surface area contributed by atoms with Gasteiger partial charge in [-0.3, -0.25) is 4.98 Å². The molecular formula is C15H19N3O. The first-order chi connectivity index (χ1) is 9.38. The fourth-order valence-corrected chi connectivity index (χ4v) is 1.68. The topological polar surface area (TPSA) is 46.2 Å². The maximum atomic E-state index is 5.62. The van der Waals surface area contributed by atoms with Crippen LogP contribution in [0.5, 0.6) is 5.75 Å². The lowest BCUT2D eigenvalue weighted by molar-refractivity contribution is 0.315. The van der Waals surface area contributed by atoms with Crippen molar-refractivity contribution in [2.24, 2.45) is 0 Å². The van der Waals surface area contributed by atoms with Crippen LogP contribution in [0.4, 0.5) is 11.4 Å². The molecule has 0 amide bonds. The van der Waals surface area contributed by atoms with E-state index in [1.165, 1.54) is 0 Å². The Kier molecular flexibility index (Phi) is 5.05. The van der Waals surface area contributed by atoms with Crippen LogP contribution >= 0.6 is 0 Å². The number of rotatable bonds is 7. The minimum atomic E-state index is 0.705. The Bertz CT molecular complexity index is 488. The molecule has 0 aliphatic heterocycles. The zero-order chi connectivity index (χ0) is 13.3. The van der Waals surface area contributed by atoms with E-state index < -0.39 is 0 Å². The Labute approximate surface area is 113 Å². The normalized spacial score (nSPS) is 9.95. The van der Waals surface area contributed by atoms with Gasteiger partial charge in [0.05, 0.1) is 30.4 Å². The van der Waals surface area contributed by atoms with Gasteiger partial charge >= 0.3 is 0 Å². The van der Waals surface area contributed by atoms with Crippen LogP contribution in [-0.2, 0) is 0 Å². The zero-order valence-electron chi connectivity index (χ0n) is 11.1. The van der Waals surface area contributed by atoms with Crippen molar-refractivity contribution in [1.29, 1.82) is 0 Å². The molecule has 0 fully saturated rings. The molecule has 0 saturated carbocycles. The third-order valence-electron chi connectivity index (χ3n) is 2.69. The van der Waals surface area contributed by atoms with Crippen LogP contribution in [0.2, 0.25) is 0 Å². The third-order valence-corrected chi connectivity index (χ3v) is 2.69. The fraction of sp³-hybridized carbons (Fsp3) is 0.267. The van der Waals surface area contributed by atoms with Gasteiger partial charge in [0.25, 0.3) is 0 Å². The van der Waals surface area contributed by atoms with Crippen molar-refractivity contribution in [1.82, 2.24) is 4.98 Å². The lowest BCUT2D eigenvalue weighted by Crippen LogP contribution is -2.07. The van der Waals surface area contributed by atoms with Gasteiger partial charge in [0.2, 0.25) is 0 Å². The molecule has 2 N–H and O–H groups in total. The van der Waals surface area contributed by atoms with E-state index in [1.54, 1.807) is 6.20 Å². The number of hydrogen-bond donors (Lipinski definition) is 2. The maximum Gasteiger partial charge on any atom is 0.119 e. The van der Waals surface area contributed by atoms with Crippen LogP contribution in [0, 0.1) is 0 Å². The number of aromatic nitrogens is 1. The van der Waals surface area contributed by atoms with Crippen LogP contribution in [0.1, 0.15) is 6.42 Å². The number of hydrogen-bond acceptors (Lipinski definition) is 4. The van der Waals surface area contributed by atoms with Gasteiger partial charge in [-0.05, 0) is 24.6 Å². The molecule has 0 atom stereocenters. The molecule has 0 aliphatic rings. The molecule has 0 spiro atoms. The smallest absolute Gasteiger partial charge is 0.119 e. The standard InChI is InChI=1S/C15H19N3O/c1-16-13-10-14(12-17-11-13)18-8-5-9-19-15-6-3-2-4-7-15/h2-4,6-7,10-12,16,18H,5,8-9H2,1H3. The van der Waals surface area contributed by atoms with Crippen molar-refractivity contribution in [3.8, 4) is 5.75 Å². The van der Waals surface area contributed by atoms with E-state index in [0.29, 0.717) is 6.61 Å². The summed E-state index contributed by atoms with van der Waals surface area (Å²) < 4.78 is 5.62. The molecule has 1 heterocycles. The maximum absolute atomic E-state index is 5.62. The zero-order valence-corrected chi connectivity index (χ0v) is 11.1. The van der Waals surface area contributed by atoms with E-state index in [-0.39, 0.29) is 0 Å². The SMILES string of the molecule is CNc1cncc(NCCCOc2ccccc2)c1. The Morgan fingerprint density at radius 2 is 1.89 bits per heavy atom. The van der Waals surface area contributed by atoms with E-state index in [0.717, 1.165) is 30.1 Å². The van der Waals surface area contributed by atoms with Crippen molar-refractivity contribution < 1.29 is 4.74 Å². The van der Waals surface area contributed by atoms with Gasteiger partial charge in [0.1, 0.15) is 5.75 Å². The summed E-state index contributed by atoms with van der Waals surface area (Å²) >= 11 is 0. The molecule has 4 heteroatoms. The minimum absolute atomic E-state index is 0.705. The molecule has 19 heavy (non-hydrogen) atoms. The quantitative estimate of drug-likeness (QED) is 0.748. The molecule has 0 bridgehead atoms. The second-order valence-corrected chi connectivity index (χ2v) is 4.15. The van der Waals surface area contributed by atoms with Crippen LogP contribution < -0.4 is 15.4 Å². The average Bonchev–Trinajstić information content (AvgIpc) is 2.48. The number of ether oxygens (including phenoxy) is 1. The summed E-state index contributed by atoms with van der Waals surface area (Å²) in [4.78, 5) is 4.15. The van der Waals surface area contributed by atoms with Crippen molar-refractivity contribution in [2.45, 2.75) is 6.42 Å². The Morgan fingerprint density at radius 1 is 1.11 bits per heavy atom. The number of anilines is 2. The summed E-state index contributed by atoms with van der Waals surface area (Å²) in [7, 11) is 1.88. The molecular weight excluding hydrogens is 238 g/mol. The highest BCUT2D eigenvalue weighted by Crippen LogP contribution is 2.12. The minimum Gasteiger partial charge on any atom is -0.494 e. The van der Waals surface area contributed by atoms with Gasteiger partial charge in [-0.25, -0.2) is 0 Å². The molecule has 0 unspecified atom stereocenters.